The maximum Gasteiger partial charge on any atom is 0.332 e. The van der Waals surface area contributed by atoms with Crippen LogP contribution in [-0.2, 0) is 20.6 Å². The molecule has 0 fully saturated rings. The minimum absolute atomic E-state index is 0.224. The molecule has 1 aromatic carbocycles. The average Bonchev–Trinajstić information content (AvgIpc) is 3.03. The molecule has 3 rings (SSSR count). The highest BCUT2D eigenvalue weighted by atomic mass is 35.5. The first kappa shape index (κ1) is 20.0. The first-order chi connectivity index (χ1) is 13.2. The average molecular weight is 408 g/mol. The molecule has 0 saturated carbocycles. The van der Waals surface area contributed by atoms with Crippen LogP contribution in [0.5, 0.6) is 5.75 Å². The van der Waals surface area contributed by atoms with E-state index in [1.54, 1.807) is 43.8 Å². The Balaban J connectivity index is 2.25. The third kappa shape index (κ3) is 3.50. The van der Waals surface area contributed by atoms with Gasteiger partial charge in [-0.3, -0.25) is 18.5 Å². The summed E-state index contributed by atoms with van der Waals surface area (Å²) in [6.07, 6.45) is -0.625. The van der Waals surface area contributed by atoms with Crippen LogP contribution in [0, 0.1) is 0 Å². The van der Waals surface area contributed by atoms with Crippen LogP contribution < -0.4 is 21.3 Å². The van der Waals surface area contributed by atoms with Gasteiger partial charge < -0.3 is 15.2 Å². The van der Waals surface area contributed by atoms with Gasteiger partial charge in [-0.1, -0.05) is 11.6 Å². The monoisotopic (exact) mass is 407 g/mol. The SMILES string of the molecule is COc1ccc(Cl)c(Cn2c(NC[C@@H](C)O)nc3c2c(=O)n(C)c(=O)n3C)c1. The number of fused-ring (bicyclic) bond motifs is 1. The van der Waals surface area contributed by atoms with Crippen LogP contribution in [0.25, 0.3) is 11.2 Å². The number of halogens is 1. The van der Waals surface area contributed by atoms with Crippen molar-refractivity contribution in [3.63, 3.8) is 0 Å². The van der Waals surface area contributed by atoms with Crippen molar-refractivity contribution in [2.45, 2.75) is 19.6 Å². The summed E-state index contributed by atoms with van der Waals surface area (Å²) in [7, 11) is 4.53. The van der Waals surface area contributed by atoms with E-state index < -0.39 is 17.4 Å². The summed E-state index contributed by atoms with van der Waals surface area (Å²) in [6, 6.07) is 5.23. The lowest BCUT2D eigenvalue weighted by molar-refractivity contribution is 0.208. The molecular formula is C18H22ClN5O4. The predicted octanol–water partition coefficient (Wildman–Crippen LogP) is 0.937. The molecule has 1 atom stereocenters. The molecule has 0 amide bonds. The van der Waals surface area contributed by atoms with E-state index in [9.17, 15) is 14.7 Å². The number of rotatable bonds is 6. The Hall–Kier alpha value is -2.78. The van der Waals surface area contributed by atoms with Gasteiger partial charge in [-0.05, 0) is 30.7 Å². The third-order valence-corrected chi connectivity index (χ3v) is 4.85. The maximum absolute atomic E-state index is 12.8. The van der Waals surface area contributed by atoms with Crippen molar-refractivity contribution in [2.75, 3.05) is 19.0 Å². The number of aliphatic hydroxyl groups is 1. The van der Waals surface area contributed by atoms with Gasteiger partial charge in [0.2, 0.25) is 5.95 Å². The van der Waals surface area contributed by atoms with Gasteiger partial charge in [0, 0.05) is 25.7 Å². The van der Waals surface area contributed by atoms with Gasteiger partial charge in [-0.25, -0.2) is 4.79 Å². The summed E-state index contributed by atoms with van der Waals surface area (Å²) >= 11 is 6.34. The van der Waals surface area contributed by atoms with Crippen molar-refractivity contribution in [1.29, 1.82) is 0 Å². The van der Waals surface area contributed by atoms with E-state index in [-0.39, 0.29) is 24.3 Å². The Morgan fingerprint density at radius 1 is 1.29 bits per heavy atom. The number of benzene rings is 1. The molecule has 28 heavy (non-hydrogen) atoms. The molecule has 0 aliphatic heterocycles. The number of aryl methyl sites for hydroxylation is 1. The Labute approximate surface area is 165 Å². The van der Waals surface area contributed by atoms with Crippen LogP contribution >= 0.6 is 11.6 Å². The summed E-state index contributed by atoms with van der Waals surface area (Å²) in [5, 5.41) is 13.2. The standard InChI is InChI=1S/C18H22ClN5O4/c1-10(25)8-20-17-21-15-14(16(26)23(3)18(27)22(15)2)24(17)9-11-7-12(28-4)5-6-13(11)19/h5-7,10,25H,8-9H2,1-4H3,(H,20,21)/t10-/m1/s1. The molecule has 0 radical (unpaired) electrons. The molecule has 2 heterocycles. The molecular weight excluding hydrogens is 386 g/mol. The van der Waals surface area contributed by atoms with Crippen molar-refractivity contribution < 1.29 is 9.84 Å². The Bertz CT molecular complexity index is 1150. The lowest BCUT2D eigenvalue weighted by Gasteiger charge is -2.13. The van der Waals surface area contributed by atoms with Crippen LogP contribution in [0.1, 0.15) is 12.5 Å². The fraction of sp³-hybridized carbons (Fsp3) is 0.389. The van der Waals surface area contributed by atoms with Gasteiger partial charge in [-0.15, -0.1) is 0 Å². The molecule has 150 valence electrons. The molecule has 0 aliphatic rings. The predicted molar refractivity (Wildman–Crippen MR) is 107 cm³/mol. The number of aromatic nitrogens is 4. The highest BCUT2D eigenvalue weighted by molar-refractivity contribution is 6.31. The van der Waals surface area contributed by atoms with E-state index in [4.69, 9.17) is 16.3 Å². The van der Waals surface area contributed by atoms with Gasteiger partial charge in [0.1, 0.15) is 5.75 Å². The zero-order valence-corrected chi connectivity index (χ0v) is 16.8. The van der Waals surface area contributed by atoms with E-state index >= 15 is 0 Å². The van der Waals surface area contributed by atoms with Crippen LogP contribution in [0.2, 0.25) is 5.02 Å². The van der Waals surface area contributed by atoms with Crippen molar-refractivity contribution in [3.05, 3.63) is 49.6 Å². The highest BCUT2D eigenvalue weighted by Gasteiger charge is 2.20. The second-order valence-electron chi connectivity index (χ2n) is 6.59. The normalized spacial score (nSPS) is 12.4. The molecule has 0 aliphatic carbocycles. The van der Waals surface area contributed by atoms with Crippen LogP contribution in [-0.4, -0.2) is 43.6 Å². The van der Waals surface area contributed by atoms with Gasteiger partial charge in [0.25, 0.3) is 5.56 Å². The largest absolute Gasteiger partial charge is 0.497 e. The summed E-state index contributed by atoms with van der Waals surface area (Å²) in [6.45, 7) is 2.08. The number of ether oxygens (including phenoxy) is 1. The lowest BCUT2D eigenvalue weighted by Crippen LogP contribution is -2.37. The fourth-order valence-electron chi connectivity index (χ4n) is 2.94. The lowest BCUT2D eigenvalue weighted by atomic mass is 10.2. The Morgan fingerprint density at radius 3 is 2.64 bits per heavy atom. The topological polar surface area (TPSA) is 103 Å². The molecule has 3 aromatic rings. The minimum Gasteiger partial charge on any atom is -0.497 e. The van der Waals surface area contributed by atoms with Crippen LogP contribution in [0.3, 0.4) is 0 Å². The van der Waals surface area contributed by atoms with Crippen LogP contribution in [0.15, 0.2) is 27.8 Å². The second-order valence-corrected chi connectivity index (χ2v) is 6.99. The Morgan fingerprint density at radius 2 is 2.00 bits per heavy atom. The summed E-state index contributed by atoms with van der Waals surface area (Å²) < 4.78 is 9.26. The fourth-order valence-corrected chi connectivity index (χ4v) is 3.12. The molecule has 2 N–H and O–H groups in total. The molecule has 9 nitrogen and oxygen atoms in total. The molecule has 2 aromatic heterocycles. The minimum atomic E-state index is -0.625. The Kier molecular flexibility index (Phi) is 5.48. The number of methoxy groups -OCH3 is 1. The van der Waals surface area contributed by atoms with Gasteiger partial charge >= 0.3 is 5.69 Å². The second kappa shape index (κ2) is 7.69. The van der Waals surface area contributed by atoms with Gasteiger partial charge in [0.05, 0.1) is 19.8 Å². The zero-order valence-electron chi connectivity index (χ0n) is 16.1. The summed E-state index contributed by atoms with van der Waals surface area (Å²) in [5.74, 6) is 0.982. The molecule has 0 spiro atoms. The molecule has 0 bridgehead atoms. The number of nitrogens with one attached hydrogen (secondary N) is 1. The number of anilines is 1. The molecule has 0 unspecified atom stereocenters. The smallest absolute Gasteiger partial charge is 0.332 e. The van der Waals surface area contributed by atoms with Gasteiger partial charge in [-0.2, -0.15) is 4.98 Å². The summed E-state index contributed by atoms with van der Waals surface area (Å²) in [4.78, 5) is 29.5. The highest BCUT2D eigenvalue weighted by Crippen LogP contribution is 2.25. The van der Waals surface area contributed by atoms with E-state index in [0.29, 0.717) is 16.7 Å². The number of imidazole rings is 1. The van der Waals surface area contributed by atoms with Crippen LogP contribution in [0.4, 0.5) is 5.95 Å². The number of hydrogen-bond donors (Lipinski definition) is 2. The quantitative estimate of drug-likeness (QED) is 0.630. The first-order valence-corrected chi connectivity index (χ1v) is 9.03. The van der Waals surface area contributed by atoms with Crippen molar-refractivity contribution >= 4 is 28.7 Å². The van der Waals surface area contributed by atoms with Crippen molar-refractivity contribution in [3.8, 4) is 5.75 Å². The maximum atomic E-state index is 12.8. The molecule has 0 saturated heterocycles. The van der Waals surface area contributed by atoms with E-state index in [2.05, 4.69) is 10.3 Å². The van der Waals surface area contributed by atoms with Gasteiger partial charge in [0.15, 0.2) is 11.2 Å². The number of aliphatic hydroxyl groups excluding tert-OH is 1. The zero-order chi connectivity index (χ0) is 20.6. The number of nitrogens with zero attached hydrogens (tertiary/aromatic N) is 4. The first-order valence-electron chi connectivity index (χ1n) is 8.65. The van der Waals surface area contributed by atoms with Crippen molar-refractivity contribution in [2.24, 2.45) is 14.1 Å². The third-order valence-electron chi connectivity index (χ3n) is 4.48. The van der Waals surface area contributed by atoms with Crippen molar-refractivity contribution in [1.82, 2.24) is 18.7 Å². The summed E-state index contributed by atoms with van der Waals surface area (Å²) in [5.41, 5.74) is 0.298. The number of hydrogen-bond acceptors (Lipinski definition) is 6. The van der Waals surface area contributed by atoms with E-state index in [1.165, 1.54) is 11.6 Å². The molecule has 10 heteroatoms. The van der Waals surface area contributed by atoms with E-state index in [1.807, 2.05) is 0 Å². The van der Waals surface area contributed by atoms with E-state index in [0.717, 1.165) is 10.1 Å².